The molecule has 2 aromatic carbocycles. The van der Waals surface area contributed by atoms with Crippen LogP contribution in [0.2, 0.25) is 5.02 Å². The fraction of sp³-hybridized carbons (Fsp3) is 0.333. The van der Waals surface area contributed by atoms with E-state index < -0.39 is 0 Å². The molecule has 0 saturated heterocycles. The number of carbonyl (C=O) groups excluding carboxylic acids is 1. The third kappa shape index (κ3) is 4.56. The van der Waals surface area contributed by atoms with E-state index in [1.165, 1.54) is 4.70 Å². The molecule has 28 heavy (non-hydrogen) atoms. The number of fused-ring (bicyclic) bond motifs is 2. The van der Waals surface area contributed by atoms with Crippen LogP contribution in [0.4, 0.5) is 0 Å². The lowest BCUT2D eigenvalue weighted by Gasteiger charge is -2.11. The number of carbonyl (C=O) groups is 1. The highest BCUT2D eigenvalue weighted by Gasteiger charge is 2.16. The van der Waals surface area contributed by atoms with Gasteiger partial charge in [-0.1, -0.05) is 23.7 Å². The van der Waals surface area contributed by atoms with Crippen LogP contribution < -0.4 is 14.8 Å². The summed E-state index contributed by atoms with van der Waals surface area (Å²) in [5.74, 6) is 1.15. The maximum atomic E-state index is 12.3. The quantitative estimate of drug-likeness (QED) is 0.605. The standard InChI is InChI=1S/C21H21ClN2O3S/c22-15-11-14(12-17-21(15)27-10-4-9-26-17)13-19(25)23-8-3-7-20-24-16-5-1-2-6-18(16)28-20/h1-2,5-6,11-12H,3-4,7-10,13H2,(H,23,25). The van der Waals surface area contributed by atoms with Crippen molar-refractivity contribution in [2.75, 3.05) is 19.8 Å². The summed E-state index contributed by atoms with van der Waals surface area (Å²) in [6.45, 7) is 1.79. The molecule has 7 heteroatoms. The molecule has 1 N–H and O–H groups in total. The third-order valence-corrected chi connectivity index (χ3v) is 5.83. The Morgan fingerprint density at radius 3 is 2.96 bits per heavy atom. The number of halogens is 1. The Bertz CT molecular complexity index is 956. The van der Waals surface area contributed by atoms with Gasteiger partial charge >= 0.3 is 0 Å². The van der Waals surface area contributed by atoms with Crippen molar-refractivity contribution < 1.29 is 14.3 Å². The number of aromatic nitrogens is 1. The van der Waals surface area contributed by atoms with Gasteiger partial charge in [0.1, 0.15) is 0 Å². The second-order valence-electron chi connectivity index (χ2n) is 6.66. The molecule has 0 saturated carbocycles. The van der Waals surface area contributed by atoms with Crippen LogP contribution in [0.25, 0.3) is 10.2 Å². The van der Waals surface area contributed by atoms with Crippen LogP contribution >= 0.6 is 22.9 Å². The van der Waals surface area contributed by atoms with Crippen molar-refractivity contribution in [2.24, 2.45) is 0 Å². The highest BCUT2D eigenvalue weighted by Crippen LogP contribution is 2.38. The van der Waals surface area contributed by atoms with E-state index in [0.717, 1.165) is 35.4 Å². The predicted molar refractivity (Wildman–Crippen MR) is 112 cm³/mol. The van der Waals surface area contributed by atoms with Crippen LogP contribution in [0.5, 0.6) is 11.5 Å². The van der Waals surface area contributed by atoms with E-state index >= 15 is 0 Å². The summed E-state index contributed by atoms with van der Waals surface area (Å²) in [6, 6.07) is 11.7. The largest absolute Gasteiger partial charge is 0.489 e. The molecule has 1 aromatic heterocycles. The van der Waals surface area contributed by atoms with Gasteiger partial charge in [-0.25, -0.2) is 4.98 Å². The van der Waals surface area contributed by atoms with Gasteiger partial charge in [0.15, 0.2) is 11.5 Å². The van der Waals surface area contributed by atoms with Crippen LogP contribution in [0.1, 0.15) is 23.4 Å². The predicted octanol–water partition coefficient (Wildman–Crippen LogP) is 4.40. The average molecular weight is 417 g/mol. The highest BCUT2D eigenvalue weighted by atomic mass is 35.5. The molecule has 2 heterocycles. The highest BCUT2D eigenvalue weighted by molar-refractivity contribution is 7.18. The van der Waals surface area contributed by atoms with E-state index in [1.807, 2.05) is 24.3 Å². The van der Waals surface area contributed by atoms with E-state index in [-0.39, 0.29) is 12.3 Å². The van der Waals surface area contributed by atoms with E-state index in [4.69, 9.17) is 21.1 Å². The lowest BCUT2D eigenvalue weighted by atomic mass is 10.1. The zero-order valence-electron chi connectivity index (χ0n) is 15.4. The number of rotatable bonds is 6. The van der Waals surface area contributed by atoms with Gasteiger partial charge in [0, 0.05) is 19.4 Å². The number of amides is 1. The fourth-order valence-electron chi connectivity index (χ4n) is 3.13. The Kier molecular flexibility index (Phi) is 5.98. The van der Waals surface area contributed by atoms with E-state index in [0.29, 0.717) is 36.3 Å². The van der Waals surface area contributed by atoms with Gasteiger partial charge in [-0.15, -0.1) is 11.3 Å². The number of ether oxygens (including phenoxy) is 2. The van der Waals surface area contributed by atoms with Crippen molar-refractivity contribution in [3.05, 3.63) is 52.0 Å². The molecule has 1 aliphatic heterocycles. The summed E-state index contributed by atoms with van der Waals surface area (Å²) >= 11 is 8.00. The fourth-order valence-corrected chi connectivity index (χ4v) is 4.43. The minimum atomic E-state index is -0.0325. The minimum Gasteiger partial charge on any atom is -0.489 e. The molecule has 1 amide bonds. The Hall–Kier alpha value is -2.31. The van der Waals surface area contributed by atoms with Crippen LogP contribution in [0.3, 0.4) is 0 Å². The Morgan fingerprint density at radius 1 is 1.21 bits per heavy atom. The van der Waals surface area contributed by atoms with E-state index in [1.54, 1.807) is 17.4 Å². The SMILES string of the molecule is O=C(Cc1cc(Cl)c2c(c1)OCCCO2)NCCCc1nc2ccccc2s1. The molecule has 1 aliphatic rings. The zero-order valence-corrected chi connectivity index (χ0v) is 16.9. The monoisotopic (exact) mass is 416 g/mol. The van der Waals surface area contributed by atoms with Crippen molar-refractivity contribution in [3.63, 3.8) is 0 Å². The molecule has 5 nitrogen and oxygen atoms in total. The summed E-state index contributed by atoms with van der Waals surface area (Å²) in [4.78, 5) is 16.9. The van der Waals surface area contributed by atoms with Gasteiger partial charge in [-0.2, -0.15) is 0 Å². The van der Waals surface area contributed by atoms with Crippen molar-refractivity contribution in [1.29, 1.82) is 0 Å². The summed E-state index contributed by atoms with van der Waals surface area (Å²) in [6.07, 6.45) is 2.79. The Morgan fingerprint density at radius 2 is 2.07 bits per heavy atom. The molecule has 0 radical (unpaired) electrons. The molecule has 0 unspecified atom stereocenters. The molecule has 4 rings (SSSR count). The first-order valence-corrected chi connectivity index (χ1v) is 10.6. The maximum Gasteiger partial charge on any atom is 0.224 e. The number of hydrogen-bond acceptors (Lipinski definition) is 5. The topological polar surface area (TPSA) is 60.5 Å². The molecule has 0 atom stereocenters. The van der Waals surface area contributed by atoms with Gasteiger partial charge in [0.25, 0.3) is 0 Å². The number of nitrogens with zero attached hydrogens (tertiary/aromatic N) is 1. The molecular weight excluding hydrogens is 396 g/mol. The van der Waals surface area contributed by atoms with Crippen LogP contribution in [0, 0.1) is 0 Å². The van der Waals surface area contributed by atoms with Crippen LogP contribution in [0.15, 0.2) is 36.4 Å². The van der Waals surface area contributed by atoms with Gasteiger partial charge in [0.05, 0.1) is 39.9 Å². The van der Waals surface area contributed by atoms with Crippen molar-refractivity contribution in [2.45, 2.75) is 25.7 Å². The minimum absolute atomic E-state index is 0.0325. The van der Waals surface area contributed by atoms with Gasteiger partial charge in [-0.05, 0) is 36.2 Å². The van der Waals surface area contributed by atoms with E-state index in [2.05, 4.69) is 16.4 Å². The lowest BCUT2D eigenvalue weighted by molar-refractivity contribution is -0.120. The van der Waals surface area contributed by atoms with Crippen LogP contribution in [-0.2, 0) is 17.6 Å². The number of aryl methyl sites for hydroxylation is 1. The first-order chi connectivity index (χ1) is 13.7. The molecule has 0 aliphatic carbocycles. The molecule has 0 spiro atoms. The number of nitrogens with one attached hydrogen (secondary N) is 1. The summed E-state index contributed by atoms with van der Waals surface area (Å²) < 4.78 is 12.5. The van der Waals surface area contributed by atoms with Crippen molar-refractivity contribution >= 4 is 39.1 Å². The summed E-state index contributed by atoms with van der Waals surface area (Å²) in [7, 11) is 0. The first-order valence-electron chi connectivity index (χ1n) is 9.38. The molecule has 146 valence electrons. The number of para-hydroxylation sites is 1. The van der Waals surface area contributed by atoms with Gasteiger partial charge in [0.2, 0.25) is 5.91 Å². The second-order valence-corrected chi connectivity index (χ2v) is 8.18. The normalized spacial score (nSPS) is 13.3. The van der Waals surface area contributed by atoms with Crippen molar-refractivity contribution in [3.8, 4) is 11.5 Å². The number of thiazole rings is 1. The van der Waals surface area contributed by atoms with Crippen LogP contribution in [-0.4, -0.2) is 30.6 Å². The molecule has 0 bridgehead atoms. The zero-order chi connectivity index (χ0) is 19.3. The molecule has 3 aromatic rings. The Labute approximate surface area is 172 Å². The summed E-state index contributed by atoms with van der Waals surface area (Å²) in [5, 5.41) is 4.56. The van der Waals surface area contributed by atoms with Crippen molar-refractivity contribution in [1.82, 2.24) is 10.3 Å². The molecule has 0 fully saturated rings. The average Bonchev–Trinajstić information content (AvgIpc) is 2.94. The molecular formula is C21H21ClN2O3S. The third-order valence-electron chi connectivity index (χ3n) is 4.45. The lowest BCUT2D eigenvalue weighted by Crippen LogP contribution is -2.26. The Balaban J connectivity index is 1.27. The maximum absolute atomic E-state index is 12.3. The number of benzene rings is 2. The first kappa shape index (κ1) is 19.0. The second kappa shape index (κ2) is 8.80. The van der Waals surface area contributed by atoms with E-state index in [9.17, 15) is 4.79 Å². The number of hydrogen-bond donors (Lipinski definition) is 1. The van der Waals surface area contributed by atoms with Gasteiger partial charge < -0.3 is 14.8 Å². The smallest absolute Gasteiger partial charge is 0.224 e. The van der Waals surface area contributed by atoms with Gasteiger partial charge in [-0.3, -0.25) is 4.79 Å². The summed E-state index contributed by atoms with van der Waals surface area (Å²) in [5.41, 5.74) is 1.86.